The Kier molecular flexibility index (Phi) is 6.31. The minimum Gasteiger partial charge on any atom is -0.479 e. The molecule has 0 radical (unpaired) electrons. The molecule has 20 heavy (non-hydrogen) atoms. The minimum atomic E-state index is -1.15. The van der Waals surface area contributed by atoms with Gasteiger partial charge in [0.25, 0.3) is 0 Å². The van der Waals surface area contributed by atoms with Gasteiger partial charge in [0.05, 0.1) is 0 Å². The second-order valence-corrected chi connectivity index (χ2v) is 4.92. The third-order valence-corrected chi connectivity index (χ3v) is 3.27. The molecule has 0 heterocycles. The maximum Gasteiger partial charge on any atom is 0.331 e. The first-order chi connectivity index (χ1) is 9.47. The van der Waals surface area contributed by atoms with Gasteiger partial charge in [-0.15, -0.1) is 0 Å². The van der Waals surface area contributed by atoms with Crippen LogP contribution in [-0.4, -0.2) is 35.6 Å². The zero-order valence-electron chi connectivity index (χ0n) is 11.6. The number of carbonyl (C=O) groups excluding carboxylic acids is 1. The van der Waals surface area contributed by atoms with Gasteiger partial charge < -0.3 is 15.3 Å². The molecule has 0 aliphatic rings. The third-order valence-electron chi connectivity index (χ3n) is 2.92. The molecule has 2 N–H and O–H groups in total. The minimum absolute atomic E-state index is 0.316. The summed E-state index contributed by atoms with van der Waals surface area (Å²) in [6, 6.07) is 5.00. The number of nitrogens with zero attached hydrogens (tertiary/aromatic N) is 1. The van der Waals surface area contributed by atoms with E-state index in [1.807, 2.05) is 6.92 Å². The van der Waals surface area contributed by atoms with Crippen LogP contribution in [0.3, 0.4) is 0 Å². The lowest BCUT2D eigenvalue weighted by atomic mass is 10.1. The van der Waals surface area contributed by atoms with Gasteiger partial charge >= 0.3 is 12.0 Å². The Labute approximate surface area is 123 Å². The van der Waals surface area contributed by atoms with Gasteiger partial charge in [-0.2, -0.15) is 0 Å². The van der Waals surface area contributed by atoms with Crippen molar-refractivity contribution in [1.82, 2.24) is 10.2 Å². The summed E-state index contributed by atoms with van der Waals surface area (Å²) < 4.78 is 0. The van der Waals surface area contributed by atoms with Crippen molar-refractivity contribution in [1.29, 1.82) is 0 Å². The van der Waals surface area contributed by atoms with Crippen LogP contribution in [0, 0.1) is 0 Å². The first-order valence-electron chi connectivity index (χ1n) is 6.46. The van der Waals surface area contributed by atoms with Crippen molar-refractivity contribution in [2.75, 3.05) is 13.6 Å². The lowest BCUT2D eigenvalue weighted by Crippen LogP contribution is -2.42. The van der Waals surface area contributed by atoms with Crippen LogP contribution in [0.4, 0.5) is 4.79 Å². The van der Waals surface area contributed by atoms with Crippen LogP contribution in [0.5, 0.6) is 0 Å². The van der Waals surface area contributed by atoms with Crippen LogP contribution in [0.2, 0.25) is 5.02 Å². The standard InChI is InChI=1S/C14H19ClN2O3/c1-3-4-9-17(2)14(20)16-12(13(18)19)10-7-5-6-8-11(10)15/h5-8,12H,3-4,9H2,1-2H3,(H,16,20)(H,18,19)/t12-/m1/s1. The fourth-order valence-electron chi connectivity index (χ4n) is 1.71. The molecular weight excluding hydrogens is 280 g/mol. The Morgan fingerprint density at radius 3 is 2.60 bits per heavy atom. The van der Waals surface area contributed by atoms with E-state index >= 15 is 0 Å². The Morgan fingerprint density at radius 1 is 1.40 bits per heavy atom. The highest BCUT2D eigenvalue weighted by molar-refractivity contribution is 6.31. The van der Waals surface area contributed by atoms with Crippen molar-refractivity contribution in [2.45, 2.75) is 25.8 Å². The van der Waals surface area contributed by atoms with Gasteiger partial charge in [0.1, 0.15) is 0 Å². The summed E-state index contributed by atoms with van der Waals surface area (Å²) in [5.74, 6) is -1.14. The monoisotopic (exact) mass is 298 g/mol. The molecule has 0 aromatic heterocycles. The van der Waals surface area contributed by atoms with Gasteiger partial charge in [-0.05, 0) is 12.5 Å². The topological polar surface area (TPSA) is 69.6 Å². The largest absolute Gasteiger partial charge is 0.479 e. The number of nitrogens with one attached hydrogen (secondary N) is 1. The van der Waals surface area contributed by atoms with Gasteiger partial charge in [-0.25, -0.2) is 9.59 Å². The lowest BCUT2D eigenvalue weighted by molar-refractivity contribution is -0.139. The van der Waals surface area contributed by atoms with Crippen molar-refractivity contribution in [3.05, 3.63) is 34.9 Å². The fraction of sp³-hybridized carbons (Fsp3) is 0.429. The van der Waals surface area contributed by atoms with E-state index in [9.17, 15) is 14.7 Å². The molecule has 6 heteroatoms. The normalized spacial score (nSPS) is 11.8. The number of benzene rings is 1. The highest BCUT2D eigenvalue weighted by atomic mass is 35.5. The molecule has 1 aromatic carbocycles. The molecule has 1 rings (SSSR count). The van der Waals surface area contributed by atoms with Crippen molar-refractivity contribution < 1.29 is 14.7 Å². The number of hydrogen-bond acceptors (Lipinski definition) is 2. The van der Waals surface area contributed by atoms with Crippen LogP contribution in [0.25, 0.3) is 0 Å². The van der Waals surface area contributed by atoms with E-state index < -0.39 is 18.0 Å². The van der Waals surface area contributed by atoms with Crippen molar-refractivity contribution >= 4 is 23.6 Å². The molecule has 0 bridgehead atoms. The fourth-order valence-corrected chi connectivity index (χ4v) is 1.96. The average molecular weight is 299 g/mol. The molecule has 0 aliphatic heterocycles. The predicted octanol–water partition coefficient (Wildman–Crippen LogP) is 2.91. The maximum atomic E-state index is 12.0. The summed E-state index contributed by atoms with van der Waals surface area (Å²) >= 11 is 5.98. The zero-order valence-corrected chi connectivity index (χ0v) is 12.4. The van der Waals surface area contributed by atoms with Crippen molar-refractivity contribution in [3.63, 3.8) is 0 Å². The number of carboxylic acid groups (broad SMARTS) is 1. The second kappa shape index (κ2) is 7.75. The SMILES string of the molecule is CCCCN(C)C(=O)N[C@@H](C(=O)O)c1ccccc1Cl. The smallest absolute Gasteiger partial charge is 0.331 e. The van der Waals surface area contributed by atoms with Crippen LogP contribution in [0.15, 0.2) is 24.3 Å². The van der Waals surface area contributed by atoms with Gasteiger partial charge in [0.2, 0.25) is 0 Å². The van der Waals surface area contributed by atoms with E-state index in [4.69, 9.17) is 11.6 Å². The number of aliphatic carboxylic acids is 1. The number of rotatable bonds is 6. The molecule has 5 nitrogen and oxygen atoms in total. The first kappa shape index (κ1) is 16.3. The molecule has 0 spiro atoms. The van der Waals surface area contributed by atoms with Crippen LogP contribution in [-0.2, 0) is 4.79 Å². The summed E-state index contributed by atoms with van der Waals surface area (Å²) in [5.41, 5.74) is 0.374. The molecule has 1 atom stereocenters. The van der Waals surface area contributed by atoms with Crippen LogP contribution < -0.4 is 5.32 Å². The van der Waals surface area contributed by atoms with Crippen molar-refractivity contribution in [2.24, 2.45) is 0 Å². The second-order valence-electron chi connectivity index (χ2n) is 4.52. The van der Waals surface area contributed by atoms with E-state index in [0.717, 1.165) is 12.8 Å². The maximum absolute atomic E-state index is 12.0. The third kappa shape index (κ3) is 4.42. The average Bonchev–Trinajstić information content (AvgIpc) is 2.42. The molecule has 1 aromatic rings. The number of unbranched alkanes of at least 4 members (excludes halogenated alkanes) is 1. The van der Waals surface area contributed by atoms with Crippen LogP contribution >= 0.6 is 11.6 Å². The van der Waals surface area contributed by atoms with E-state index in [0.29, 0.717) is 17.1 Å². The highest BCUT2D eigenvalue weighted by Crippen LogP contribution is 2.23. The zero-order chi connectivity index (χ0) is 15.1. The molecule has 110 valence electrons. The first-order valence-corrected chi connectivity index (χ1v) is 6.84. The predicted molar refractivity (Wildman–Crippen MR) is 77.9 cm³/mol. The summed E-state index contributed by atoms with van der Waals surface area (Å²) in [7, 11) is 1.64. The van der Waals surface area contributed by atoms with E-state index in [1.54, 1.807) is 31.3 Å². The summed E-state index contributed by atoms with van der Waals surface area (Å²) in [6.07, 6.45) is 1.83. The number of urea groups is 1. The molecular formula is C14H19ClN2O3. The summed E-state index contributed by atoms with van der Waals surface area (Å²) in [6.45, 7) is 2.60. The molecule has 0 unspecified atom stereocenters. The lowest BCUT2D eigenvalue weighted by Gasteiger charge is -2.22. The van der Waals surface area contributed by atoms with Gasteiger partial charge in [0.15, 0.2) is 6.04 Å². The molecule has 0 saturated carbocycles. The molecule has 0 fully saturated rings. The van der Waals surface area contributed by atoms with Crippen molar-refractivity contribution in [3.8, 4) is 0 Å². The number of halogens is 1. The van der Waals surface area contributed by atoms with Gasteiger partial charge in [0, 0.05) is 24.2 Å². The Morgan fingerprint density at radius 2 is 2.05 bits per heavy atom. The Bertz CT molecular complexity index is 479. The van der Waals surface area contributed by atoms with E-state index in [-0.39, 0.29) is 0 Å². The van der Waals surface area contributed by atoms with E-state index in [2.05, 4.69) is 5.32 Å². The molecule has 2 amide bonds. The Balaban J connectivity index is 2.81. The highest BCUT2D eigenvalue weighted by Gasteiger charge is 2.25. The molecule has 0 aliphatic carbocycles. The number of hydrogen-bond donors (Lipinski definition) is 2. The number of carboxylic acids is 1. The van der Waals surface area contributed by atoms with Gasteiger partial charge in [-0.1, -0.05) is 43.1 Å². The number of carbonyl (C=O) groups is 2. The quantitative estimate of drug-likeness (QED) is 0.848. The van der Waals surface area contributed by atoms with Crippen LogP contribution in [0.1, 0.15) is 31.4 Å². The number of amides is 2. The van der Waals surface area contributed by atoms with Gasteiger partial charge in [-0.3, -0.25) is 0 Å². The summed E-state index contributed by atoms with van der Waals surface area (Å²) in [5, 5.41) is 12.1. The van der Waals surface area contributed by atoms with E-state index in [1.165, 1.54) is 4.90 Å². The summed E-state index contributed by atoms with van der Waals surface area (Å²) in [4.78, 5) is 24.8. The Hall–Kier alpha value is -1.75. The molecule has 0 saturated heterocycles.